The van der Waals surface area contributed by atoms with Crippen LogP contribution in [0.3, 0.4) is 0 Å². The van der Waals surface area contributed by atoms with Gasteiger partial charge in [0.25, 0.3) is 23.1 Å². The summed E-state index contributed by atoms with van der Waals surface area (Å²) in [6, 6.07) is 6.09. The normalized spacial score (nSPS) is 19.3. The van der Waals surface area contributed by atoms with Crippen LogP contribution in [0.15, 0.2) is 42.0 Å². The van der Waals surface area contributed by atoms with Crippen LogP contribution in [0.1, 0.15) is 24.2 Å². The van der Waals surface area contributed by atoms with Gasteiger partial charge in [0.05, 0.1) is 30.1 Å². The number of rotatable bonds is 9. The molecular weight excluding hydrogens is 520 g/mol. The van der Waals surface area contributed by atoms with Crippen LogP contribution in [0.25, 0.3) is 11.4 Å². The lowest BCUT2D eigenvalue weighted by atomic mass is 10.2. The molecule has 2 amide bonds. The summed E-state index contributed by atoms with van der Waals surface area (Å²) in [5.41, 5.74) is 1.42. The van der Waals surface area contributed by atoms with E-state index in [0.717, 1.165) is 22.9 Å². The molecule has 4 heterocycles. The van der Waals surface area contributed by atoms with Crippen LogP contribution in [-0.4, -0.2) is 79.6 Å². The molecule has 1 saturated heterocycles. The Bertz CT molecular complexity index is 1270. The lowest BCUT2D eigenvalue weighted by Gasteiger charge is -2.36. The van der Waals surface area contributed by atoms with E-state index in [1.54, 1.807) is 5.38 Å². The third kappa shape index (κ3) is 6.78. The van der Waals surface area contributed by atoms with Crippen molar-refractivity contribution >= 4 is 45.4 Å². The number of anilines is 2. The number of carbonyl (C=O) groups is 2. The summed E-state index contributed by atoms with van der Waals surface area (Å²) in [5.74, 6) is -0.270. The standard InChI is InChI=1S/C23H28N6O6S2/c1-14-9-28(10-15(2)35-14)20-6-4-5-17(24-20)19-13-36-23(26-19)27-22(31)18(12-34-3)25-21(30)16-7-8-29(11-16)37(32)33/h4-8,11,13-15,18H,9-10,12H2,1-3H3,(H,25,30)(H,32,33)(H,26,27,31)/t14-,15+,18-/m1/s1. The van der Waals surface area contributed by atoms with Gasteiger partial charge in [0.2, 0.25) is 0 Å². The van der Waals surface area contributed by atoms with Crippen LogP contribution < -0.4 is 15.5 Å². The van der Waals surface area contributed by atoms with E-state index in [0.29, 0.717) is 16.5 Å². The van der Waals surface area contributed by atoms with Crippen molar-refractivity contribution in [1.82, 2.24) is 19.3 Å². The Morgan fingerprint density at radius 3 is 2.68 bits per heavy atom. The fraction of sp³-hybridized carbons (Fsp3) is 0.391. The SMILES string of the molecule is COC[C@@H](NC(=O)c1ccn(S(=O)O)c1)C(=O)Nc1nc(-c2cccc(N3C[C@@H](C)O[C@@H](C)C3)n2)cs1. The van der Waals surface area contributed by atoms with E-state index in [9.17, 15) is 13.8 Å². The molecule has 198 valence electrons. The number of amides is 2. The van der Waals surface area contributed by atoms with Crippen LogP contribution in [0.4, 0.5) is 10.9 Å². The maximum atomic E-state index is 12.9. The topological polar surface area (TPSA) is 148 Å². The number of methoxy groups -OCH3 is 1. The number of hydrogen-bond donors (Lipinski definition) is 3. The Balaban J connectivity index is 1.42. The summed E-state index contributed by atoms with van der Waals surface area (Å²) in [6.45, 7) is 5.48. The fourth-order valence-corrected chi connectivity index (χ4v) is 5.02. The Kier molecular flexibility index (Phi) is 8.66. The molecule has 0 aliphatic carbocycles. The number of thiazole rings is 1. The van der Waals surface area contributed by atoms with E-state index >= 15 is 0 Å². The maximum Gasteiger partial charge on any atom is 0.265 e. The Hall–Kier alpha value is -3.17. The zero-order chi connectivity index (χ0) is 26.5. The minimum absolute atomic E-state index is 0.0809. The Morgan fingerprint density at radius 2 is 2.00 bits per heavy atom. The van der Waals surface area contributed by atoms with Crippen molar-refractivity contribution in [3.05, 3.63) is 47.6 Å². The van der Waals surface area contributed by atoms with E-state index in [2.05, 4.69) is 20.5 Å². The van der Waals surface area contributed by atoms with Crippen LogP contribution in [0.2, 0.25) is 0 Å². The molecule has 0 spiro atoms. The van der Waals surface area contributed by atoms with Gasteiger partial charge in [-0.1, -0.05) is 6.07 Å². The summed E-state index contributed by atoms with van der Waals surface area (Å²) < 4.78 is 32.1. The zero-order valence-electron chi connectivity index (χ0n) is 20.5. The van der Waals surface area contributed by atoms with Crippen molar-refractivity contribution in [3.63, 3.8) is 0 Å². The average molecular weight is 549 g/mol. The first-order chi connectivity index (χ1) is 17.7. The number of pyridine rings is 1. The average Bonchev–Trinajstić information content (AvgIpc) is 3.54. The lowest BCUT2D eigenvalue weighted by molar-refractivity contribution is -0.119. The molecule has 0 saturated carbocycles. The first-order valence-corrected chi connectivity index (χ1v) is 13.4. The predicted octanol–water partition coefficient (Wildman–Crippen LogP) is 1.99. The summed E-state index contributed by atoms with van der Waals surface area (Å²) in [7, 11) is 1.41. The number of aromatic nitrogens is 3. The third-order valence-corrected chi connectivity index (χ3v) is 6.89. The van der Waals surface area contributed by atoms with Crippen molar-refractivity contribution in [2.75, 3.05) is 37.0 Å². The van der Waals surface area contributed by atoms with Gasteiger partial charge < -0.3 is 25.0 Å². The number of morpholine rings is 1. The highest BCUT2D eigenvalue weighted by Crippen LogP contribution is 2.26. The van der Waals surface area contributed by atoms with E-state index in [1.807, 2.05) is 32.0 Å². The highest BCUT2D eigenvalue weighted by Gasteiger charge is 2.25. The number of ether oxygens (including phenoxy) is 2. The summed E-state index contributed by atoms with van der Waals surface area (Å²) >= 11 is -1.05. The smallest absolute Gasteiger partial charge is 0.265 e. The van der Waals surface area contributed by atoms with Gasteiger partial charge >= 0.3 is 0 Å². The number of nitrogens with one attached hydrogen (secondary N) is 2. The molecular formula is C23H28N6O6S2. The largest absolute Gasteiger partial charge is 0.382 e. The molecule has 0 radical (unpaired) electrons. The van der Waals surface area contributed by atoms with E-state index in [4.69, 9.17) is 19.0 Å². The summed E-state index contributed by atoms with van der Waals surface area (Å²) in [5, 5.41) is 7.43. The molecule has 1 aliphatic rings. The molecule has 0 bridgehead atoms. The molecule has 4 atom stereocenters. The summed E-state index contributed by atoms with van der Waals surface area (Å²) in [4.78, 5) is 36.9. The second kappa shape index (κ2) is 11.9. The first-order valence-electron chi connectivity index (χ1n) is 11.5. The highest BCUT2D eigenvalue weighted by atomic mass is 32.2. The fourth-order valence-electron chi connectivity index (χ4n) is 3.95. The third-order valence-electron chi connectivity index (χ3n) is 5.54. The van der Waals surface area contributed by atoms with E-state index in [-0.39, 0.29) is 24.4 Å². The molecule has 3 N–H and O–H groups in total. The van der Waals surface area contributed by atoms with Crippen molar-refractivity contribution in [2.24, 2.45) is 0 Å². The Morgan fingerprint density at radius 1 is 1.24 bits per heavy atom. The molecule has 1 fully saturated rings. The molecule has 14 heteroatoms. The van der Waals surface area contributed by atoms with Gasteiger partial charge in [-0.25, -0.2) is 14.2 Å². The minimum Gasteiger partial charge on any atom is -0.382 e. The quantitative estimate of drug-likeness (QED) is 0.341. The number of hydrogen-bond acceptors (Lipinski definition) is 9. The van der Waals surface area contributed by atoms with Crippen LogP contribution in [0, 0.1) is 0 Å². The number of carbonyl (C=O) groups excluding carboxylic acids is 2. The Labute approximate surface area is 220 Å². The van der Waals surface area contributed by atoms with Crippen LogP contribution in [0.5, 0.6) is 0 Å². The first kappa shape index (κ1) is 26.9. The molecule has 3 aromatic rings. The highest BCUT2D eigenvalue weighted by molar-refractivity contribution is 7.77. The second-order valence-corrected chi connectivity index (χ2v) is 10.3. The van der Waals surface area contributed by atoms with Crippen LogP contribution in [-0.2, 0) is 25.5 Å². The number of nitrogens with zero attached hydrogens (tertiary/aromatic N) is 4. The van der Waals surface area contributed by atoms with Crippen molar-refractivity contribution in [3.8, 4) is 11.4 Å². The molecule has 3 aromatic heterocycles. The monoisotopic (exact) mass is 548 g/mol. The molecule has 1 unspecified atom stereocenters. The van der Waals surface area contributed by atoms with E-state index < -0.39 is 29.1 Å². The predicted molar refractivity (Wildman–Crippen MR) is 140 cm³/mol. The van der Waals surface area contributed by atoms with Gasteiger partial charge in [0, 0.05) is 38.0 Å². The van der Waals surface area contributed by atoms with Gasteiger partial charge in [-0.05, 0) is 32.0 Å². The van der Waals surface area contributed by atoms with Crippen molar-refractivity contribution in [1.29, 1.82) is 0 Å². The van der Waals surface area contributed by atoms with Gasteiger partial charge in [0.1, 0.15) is 17.6 Å². The van der Waals surface area contributed by atoms with Crippen molar-refractivity contribution < 1.29 is 27.8 Å². The van der Waals surface area contributed by atoms with Gasteiger partial charge in [-0.2, -0.15) is 0 Å². The minimum atomic E-state index is -2.28. The van der Waals surface area contributed by atoms with Gasteiger partial charge in [-0.3, -0.25) is 18.1 Å². The summed E-state index contributed by atoms with van der Waals surface area (Å²) in [6.07, 6.45) is 2.71. The van der Waals surface area contributed by atoms with E-state index in [1.165, 1.54) is 36.9 Å². The lowest BCUT2D eigenvalue weighted by Crippen LogP contribution is -2.46. The molecule has 0 aromatic carbocycles. The van der Waals surface area contributed by atoms with Crippen LogP contribution >= 0.6 is 11.3 Å². The molecule has 4 rings (SSSR count). The molecule has 1 aliphatic heterocycles. The van der Waals surface area contributed by atoms with Gasteiger partial charge in [0.15, 0.2) is 5.13 Å². The van der Waals surface area contributed by atoms with Crippen molar-refractivity contribution in [2.45, 2.75) is 32.1 Å². The molecule has 12 nitrogen and oxygen atoms in total. The van der Waals surface area contributed by atoms with Gasteiger partial charge in [-0.15, -0.1) is 11.3 Å². The maximum absolute atomic E-state index is 12.9. The zero-order valence-corrected chi connectivity index (χ0v) is 22.1. The molecule has 37 heavy (non-hydrogen) atoms. The second-order valence-electron chi connectivity index (χ2n) is 8.54.